The van der Waals surface area contributed by atoms with Crippen LogP contribution >= 0.6 is 0 Å². The lowest BCUT2D eigenvalue weighted by Gasteiger charge is -2.40. The number of aromatic amines is 1. The first-order valence-corrected chi connectivity index (χ1v) is 11.3. The van der Waals surface area contributed by atoms with Crippen LogP contribution in [-0.2, 0) is 12.6 Å². The van der Waals surface area contributed by atoms with E-state index < -0.39 is 35.3 Å². The van der Waals surface area contributed by atoms with E-state index in [0.29, 0.717) is 54.2 Å². The largest absolute Gasteiger partial charge is 0.419 e. The number of alkyl halides is 3. The molecule has 0 aliphatic carbocycles. The zero-order valence-corrected chi connectivity index (χ0v) is 19.0. The van der Waals surface area contributed by atoms with Gasteiger partial charge >= 0.3 is 6.18 Å². The molecule has 0 saturated carbocycles. The van der Waals surface area contributed by atoms with E-state index in [1.807, 2.05) is 0 Å². The highest BCUT2D eigenvalue weighted by atomic mass is 19.4. The molecule has 0 radical (unpaired) electrons. The quantitative estimate of drug-likeness (QED) is 0.422. The number of fused-ring (bicyclic) bond motifs is 8. The van der Waals surface area contributed by atoms with Gasteiger partial charge in [0.1, 0.15) is 18.3 Å². The van der Waals surface area contributed by atoms with Gasteiger partial charge in [-0.1, -0.05) is 0 Å². The number of hydrogen-bond donors (Lipinski definition) is 2. The topological polar surface area (TPSA) is 68.4 Å². The van der Waals surface area contributed by atoms with E-state index in [1.165, 1.54) is 40.1 Å². The molecule has 1 atom stereocenters. The van der Waals surface area contributed by atoms with Crippen LogP contribution in [0.1, 0.15) is 46.6 Å². The summed E-state index contributed by atoms with van der Waals surface area (Å²) in [5, 5.41) is 3.27. The molecular formula is C25H21F5N4O2. The van der Waals surface area contributed by atoms with Gasteiger partial charge in [0, 0.05) is 23.5 Å². The molecule has 11 heteroatoms. The maximum atomic E-state index is 14.6. The summed E-state index contributed by atoms with van der Waals surface area (Å²) in [5.41, 5.74) is -0.644. The molecule has 0 saturated heterocycles. The zero-order valence-electron chi connectivity index (χ0n) is 19.0. The maximum Gasteiger partial charge on any atom is 0.419 e. The predicted molar refractivity (Wildman–Crippen MR) is 123 cm³/mol. The fourth-order valence-electron chi connectivity index (χ4n) is 4.76. The highest BCUT2D eigenvalue weighted by molar-refractivity contribution is 6.13. The van der Waals surface area contributed by atoms with Crippen molar-refractivity contribution in [2.24, 2.45) is 0 Å². The normalized spacial score (nSPS) is 18.1. The molecular weight excluding hydrogens is 483 g/mol. The average molecular weight is 504 g/mol. The molecule has 2 aromatic carbocycles. The molecule has 0 fully saturated rings. The predicted octanol–water partition coefficient (Wildman–Crippen LogP) is 5.02. The number of nitrogens with one attached hydrogen (secondary N) is 2. The molecule has 5 rings (SSSR count). The van der Waals surface area contributed by atoms with Crippen molar-refractivity contribution in [3.63, 3.8) is 0 Å². The van der Waals surface area contributed by atoms with E-state index in [-0.39, 0.29) is 23.5 Å². The molecule has 0 unspecified atom stereocenters. The van der Waals surface area contributed by atoms with Crippen LogP contribution in [0.2, 0.25) is 0 Å². The Morgan fingerprint density at radius 1 is 0.944 bits per heavy atom. The number of anilines is 3. The molecule has 3 aromatic rings. The number of nitrogens with zero attached hydrogens (tertiary/aromatic N) is 2. The van der Waals surface area contributed by atoms with Crippen molar-refractivity contribution in [1.82, 2.24) is 10.3 Å². The van der Waals surface area contributed by atoms with Crippen molar-refractivity contribution in [1.29, 1.82) is 0 Å². The maximum absolute atomic E-state index is 14.6. The van der Waals surface area contributed by atoms with E-state index >= 15 is 0 Å². The fourth-order valence-corrected chi connectivity index (χ4v) is 4.76. The number of H-pyrrole nitrogens is 1. The second-order valence-electron chi connectivity index (χ2n) is 8.82. The molecule has 0 spiro atoms. The average Bonchev–Trinajstić information content (AvgIpc) is 2.81. The number of amides is 1. The van der Waals surface area contributed by atoms with Crippen LogP contribution in [0.3, 0.4) is 0 Å². The molecule has 1 amide bonds. The summed E-state index contributed by atoms with van der Waals surface area (Å²) in [6.07, 6.45) is -4.02. The summed E-state index contributed by atoms with van der Waals surface area (Å²) in [6.45, 7) is 2.04. The van der Waals surface area contributed by atoms with Gasteiger partial charge in [0.2, 0.25) is 5.56 Å². The monoisotopic (exact) mass is 504 g/mol. The number of carbonyl (C=O) groups is 1. The Kier molecular flexibility index (Phi) is 5.82. The lowest BCUT2D eigenvalue weighted by Crippen LogP contribution is -2.46. The number of benzene rings is 2. The molecule has 2 aliphatic heterocycles. The minimum absolute atomic E-state index is 0.145. The lowest BCUT2D eigenvalue weighted by atomic mass is 9.98. The van der Waals surface area contributed by atoms with Gasteiger partial charge in [-0.15, -0.1) is 0 Å². The smallest absolute Gasteiger partial charge is 0.324 e. The third-order valence-electron chi connectivity index (χ3n) is 6.51. The third-order valence-corrected chi connectivity index (χ3v) is 6.51. The Balaban J connectivity index is 1.80. The van der Waals surface area contributed by atoms with Gasteiger partial charge in [-0.05, 0) is 68.3 Å². The first-order chi connectivity index (χ1) is 17.0. The number of halogens is 5. The second kappa shape index (κ2) is 8.74. The Morgan fingerprint density at radius 3 is 2.44 bits per heavy atom. The van der Waals surface area contributed by atoms with Crippen molar-refractivity contribution < 1.29 is 26.7 Å². The number of aryl methyl sites for hydroxylation is 1. The van der Waals surface area contributed by atoms with E-state index in [9.17, 15) is 31.5 Å². The van der Waals surface area contributed by atoms with E-state index in [4.69, 9.17) is 0 Å². The van der Waals surface area contributed by atoms with Crippen LogP contribution in [0, 0.1) is 11.6 Å². The molecule has 2 bridgehead atoms. The van der Waals surface area contributed by atoms with Crippen molar-refractivity contribution in [2.75, 3.05) is 23.0 Å². The minimum Gasteiger partial charge on any atom is -0.324 e. The minimum atomic E-state index is -4.99. The summed E-state index contributed by atoms with van der Waals surface area (Å²) in [7, 11) is 0. The summed E-state index contributed by atoms with van der Waals surface area (Å²) in [5.74, 6) is -2.82. The van der Waals surface area contributed by atoms with Gasteiger partial charge in [-0.2, -0.15) is 13.2 Å². The van der Waals surface area contributed by atoms with Crippen LogP contribution in [0.15, 0.2) is 47.3 Å². The first-order valence-electron chi connectivity index (χ1n) is 11.3. The fraction of sp³-hybridized carbons (Fsp3) is 0.280. The summed E-state index contributed by atoms with van der Waals surface area (Å²) in [6, 6.07) is 7.40. The van der Waals surface area contributed by atoms with Gasteiger partial charge in [-0.25, -0.2) is 8.78 Å². The van der Waals surface area contributed by atoms with E-state index in [0.717, 1.165) is 0 Å². The van der Waals surface area contributed by atoms with Gasteiger partial charge in [-0.3, -0.25) is 14.5 Å². The van der Waals surface area contributed by atoms with Crippen molar-refractivity contribution >= 4 is 23.0 Å². The van der Waals surface area contributed by atoms with Gasteiger partial charge in [0.05, 0.1) is 22.5 Å². The molecule has 36 heavy (non-hydrogen) atoms. The molecule has 2 N–H and O–H groups in total. The molecule has 2 aliphatic rings. The number of rotatable bonds is 0. The highest BCUT2D eigenvalue weighted by Crippen LogP contribution is 2.43. The van der Waals surface area contributed by atoms with Gasteiger partial charge in [0.15, 0.2) is 0 Å². The Bertz CT molecular complexity index is 1420. The summed E-state index contributed by atoms with van der Waals surface area (Å²) in [4.78, 5) is 31.0. The van der Waals surface area contributed by atoms with Crippen molar-refractivity contribution in [3.05, 3.63) is 86.8 Å². The standard InChI is InChI=1S/C25H21F5N4O2/c1-13-15-9-14(26)4-5-20(15)33-12-34(21-6-7-23(35)32-19(21)3-2-8-31-13)24(36)16-10-18(27)17(11-22(16)33)25(28,29)30/h4-7,9-11,13,31H,2-3,8,12H2,1H3,(H,32,35)/t13-/m0/s1. The molecule has 6 nitrogen and oxygen atoms in total. The number of aromatic nitrogens is 1. The van der Waals surface area contributed by atoms with Crippen LogP contribution < -0.4 is 20.7 Å². The number of hydrogen-bond acceptors (Lipinski definition) is 4. The van der Waals surface area contributed by atoms with Crippen molar-refractivity contribution in [3.8, 4) is 0 Å². The Morgan fingerprint density at radius 2 is 1.69 bits per heavy atom. The van der Waals surface area contributed by atoms with Crippen LogP contribution in [0.4, 0.5) is 39.0 Å². The lowest BCUT2D eigenvalue weighted by molar-refractivity contribution is -0.139. The van der Waals surface area contributed by atoms with Gasteiger partial charge in [0.25, 0.3) is 5.91 Å². The Hall–Kier alpha value is -3.73. The Labute approximate surface area is 202 Å². The molecule has 3 heterocycles. The van der Waals surface area contributed by atoms with Crippen LogP contribution in [0.5, 0.6) is 0 Å². The zero-order chi connectivity index (χ0) is 25.8. The van der Waals surface area contributed by atoms with Gasteiger partial charge < -0.3 is 15.2 Å². The number of pyridine rings is 1. The van der Waals surface area contributed by atoms with Crippen LogP contribution in [-0.4, -0.2) is 24.1 Å². The SMILES string of the molecule is C[C@@H]1NCCCc2[nH]c(=O)ccc2N2CN(c3cc(C(F)(F)F)c(F)cc3C2=O)c2ccc(F)cc21. The third kappa shape index (κ3) is 4.13. The molecule has 188 valence electrons. The highest BCUT2D eigenvalue weighted by Gasteiger charge is 2.40. The van der Waals surface area contributed by atoms with E-state index in [1.54, 1.807) is 6.92 Å². The van der Waals surface area contributed by atoms with Crippen LogP contribution in [0.25, 0.3) is 0 Å². The number of carbonyl (C=O) groups excluding carboxylic acids is 1. The summed E-state index contributed by atoms with van der Waals surface area (Å²) >= 11 is 0. The molecule has 1 aromatic heterocycles. The van der Waals surface area contributed by atoms with Crippen molar-refractivity contribution in [2.45, 2.75) is 32.0 Å². The summed E-state index contributed by atoms with van der Waals surface area (Å²) < 4.78 is 69.7. The van der Waals surface area contributed by atoms with E-state index in [2.05, 4.69) is 10.3 Å². The second-order valence-corrected chi connectivity index (χ2v) is 8.82. The first kappa shape index (κ1) is 24.0.